The number of carbonyl (C=O) groups excluding carboxylic acids is 1. The minimum atomic E-state index is -0.0865. The Hall–Kier alpha value is -1.85. The van der Waals surface area contributed by atoms with Crippen molar-refractivity contribution in [1.82, 2.24) is 5.32 Å². The number of ether oxygens (including phenoxy) is 2. The van der Waals surface area contributed by atoms with Crippen molar-refractivity contribution in [3.63, 3.8) is 0 Å². The van der Waals surface area contributed by atoms with Gasteiger partial charge in [0.1, 0.15) is 19.0 Å². The van der Waals surface area contributed by atoms with Crippen molar-refractivity contribution in [2.75, 3.05) is 19.8 Å². The maximum atomic E-state index is 12.0. The lowest BCUT2D eigenvalue weighted by atomic mass is 9.99. The second-order valence-corrected chi connectivity index (χ2v) is 6.52. The van der Waals surface area contributed by atoms with E-state index in [2.05, 4.69) is 18.3 Å². The van der Waals surface area contributed by atoms with Crippen LogP contribution in [0.15, 0.2) is 35.9 Å². The van der Waals surface area contributed by atoms with Gasteiger partial charge in [-0.1, -0.05) is 36.6 Å². The molecule has 0 heterocycles. The van der Waals surface area contributed by atoms with E-state index in [4.69, 9.17) is 15.2 Å². The van der Waals surface area contributed by atoms with E-state index in [-0.39, 0.29) is 18.6 Å². The molecular weight excluding hydrogens is 316 g/mol. The maximum absolute atomic E-state index is 12.0. The molecule has 5 nitrogen and oxygen atoms in total. The molecule has 1 atom stereocenters. The van der Waals surface area contributed by atoms with Crippen LogP contribution in [0.2, 0.25) is 0 Å². The summed E-state index contributed by atoms with van der Waals surface area (Å²) < 4.78 is 11.2. The van der Waals surface area contributed by atoms with Crippen molar-refractivity contribution in [2.24, 2.45) is 5.73 Å². The van der Waals surface area contributed by atoms with Gasteiger partial charge in [-0.3, -0.25) is 4.79 Å². The van der Waals surface area contributed by atoms with E-state index >= 15 is 0 Å². The van der Waals surface area contributed by atoms with Gasteiger partial charge < -0.3 is 20.5 Å². The average Bonchev–Trinajstić information content (AvgIpc) is 2.60. The van der Waals surface area contributed by atoms with Gasteiger partial charge in [-0.2, -0.15) is 0 Å². The number of amides is 1. The summed E-state index contributed by atoms with van der Waals surface area (Å²) in [5.74, 6) is 0.701. The first kappa shape index (κ1) is 19.5. The molecule has 25 heavy (non-hydrogen) atoms. The highest BCUT2D eigenvalue weighted by Gasteiger charge is 2.12. The van der Waals surface area contributed by atoms with Crippen molar-refractivity contribution in [3.05, 3.63) is 41.5 Å². The Bertz CT molecular complexity index is 555. The summed E-state index contributed by atoms with van der Waals surface area (Å²) in [5, 5.41) is 2.89. The van der Waals surface area contributed by atoms with E-state index < -0.39 is 0 Å². The van der Waals surface area contributed by atoms with Gasteiger partial charge >= 0.3 is 0 Å². The van der Waals surface area contributed by atoms with Crippen molar-refractivity contribution in [1.29, 1.82) is 0 Å². The number of hydrogen-bond donors (Lipinski definition) is 2. The molecule has 1 unspecified atom stereocenters. The number of allylic oxidation sites excluding steroid dienone is 1. The standard InChI is InChI=1S/C20H30N2O3/c1-16-5-3-2-4-6-19(13-16)25-15-20(23)22-14-17-7-9-18(10-8-17)24-12-11-21/h7-10,13,19H,2-6,11-12,14-15,21H2,1H3,(H,22,23)/b16-13-. The predicted molar refractivity (Wildman–Crippen MR) is 99.4 cm³/mol. The number of hydrogen-bond acceptors (Lipinski definition) is 4. The van der Waals surface area contributed by atoms with Gasteiger partial charge in [-0.15, -0.1) is 0 Å². The van der Waals surface area contributed by atoms with Crippen LogP contribution in [-0.4, -0.2) is 31.8 Å². The highest BCUT2D eigenvalue weighted by Crippen LogP contribution is 2.18. The molecule has 0 saturated carbocycles. The third kappa shape index (κ3) is 7.71. The lowest BCUT2D eigenvalue weighted by molar-refractivity contribution is -0.127. The summed E-state index contributed by atoms with van der Waals surface area (Å²) >= 11 is 0. The lowest BCUT2D eigenvalue weighted by Gasteiger charge is -2.18. The molecule has 1 aromatic rings. The summed E-state index contributed by atoms with van der Waals surface area (Å²) in [7, 11) is 0. The molecule has 0 aromatic heterocycles. The summed E-state index contributed by atoms with van der Waals surface area (Å²) in [6.07, 6.45) is 8.02. The number of nitrogens with one attached hydrogen (secondary N) is 1. The Kier molecular flexibility index (Phi) is 8.49. The molecule has 138 valence electrons. The minimum Gasteiger partial charge on any atom is -0.492 e. The van der Waals surface area contributed by atoms with Gasteiger partial charge in [0, 0.05) is 13.1 Å². The molecule has 0 saturated heterocycles. The van der Waals surface area contributed by atoms with Crippen LogP contribution in [0.4, 0.5) is 0 Å². The van der Waals surface area contributed by atoms with E-state index in [1.165, 1.54) is 18.4 Å². The number of carbonyl (C=O) groups is 1. The van der Waals surface area contributed by atoms with Crippen LogP contribution in [0.3, 0.4) is 0 Å². The third-order valence-corrected chi connectivity index (χ3v) is 4.26. The van der Waals surface area contributed by atoms with E-state index in [0.29, 0.717) is 19.7 Å². The first-order valence-electron chi connectivity index (χ1n) is 9.15. The molecule has 1 aromatic carbocycles. The van der Waals surface area contributed by atoms with Crippen LogP contribution in [-0.2, 0) is 16.1 Å². The predicted octanol–water partition coefficient (Wildman–Crippen LogP) is 2.94. The lowest BCUT2D eigenvalue weighted by Crippen LogP contribution is -2.29. The summed E-state index contributed by atoms with van der Waals surface area (Å²) in [6, 6.07) is 7.65. The summed E-state index contributed by atoms with van der Waals surface area (Å²) in [5.41, 5.74) is 7.79. The Morgan fingerprint density at radius 1 is 1.24 bits per heavy atom. The Balaban J connectivity index is 1.71. The average molecular weight is 346 g/mol. The Labute approximate surface area is 150 Å². The monoisotopic (exact) mass is 346 g/mol. The SMILES string of the molecule is C/C1=C/C(OCC(=O)NCc2ccc(OCCN)cc2)CCCCC1. The van der Waals surface area contributed by atoms with Crippen LogP contribution in [0.25, 0.3) is 0 Å². The fraction of sp³-hybridized carbons (Fsp3) is 0.550. The maximum Gasteiger partial charge on any atom is 0.246 e. The van der Waals surface area contributed by atoms with Crippen molar-refractivity contribution >= 4 is 5.91 Å². The zero-order valence-corrected chi connectivity index (χ0v) is 15.1. The second kappa shape index (κ2) is 10.9. The van der Waals surface area contributed by atoms with Crippen LogP contribution in [0, 0.1) is 0 Å². The molecular formula is C20H30N2O3. The third-order valence-electron chi connectivity index (χ3n) is 4.26. The number of benzene rings is 1. The van der Waals surface area contributed by atoms with Crippen LogP contribution < -0.4 is 15.8 Å². The molecule has 0 radical (unpaired) electrons. The minimum absolute atomic E-state index is 0.0602. The molecule has 0 fully saturated rings. The second-order valence-electron chi connectivity index (χ2n) is 6.52. The first-order chi connectivity index (χ1) is 12.2. The topological polar surface area (TPSA) is 73.6 Å². The largest absolute Gasteiger partial charge is 0.492 e. The highest BCUT2D eigenvalue weighted by molar-refractivity contribution is 5.77. The molecule has 1 aliphatic carbocycles. The normalized spacial score (nSPS) is 20.1. The molecule has 5 heteroatoms. The number of nitrogens with two attached hydrogens (primary N) is 1. The first-order valence-corrected chi connectivity index (χ1v) is 9.15. The van der Waals surface area contributed by atoms with Gasteiger partial charge in [0.05, 0.1) is 6.10 Å². The molecule has 0 aliphatic heterocycles. The molecule has 1 amide bonds. The van der Waals surface area contributed by atoms with Crippen LogP contribution in [0.5, 0.6) is 5.75 Å². The van der Waals surface area contributed by atoms with E-state index in [1.807, 2.05) is 24.3 Å². The molecule has 3 N–H and O–H groups in total. The smallest absolute Gasteiger partial charge is 0.246 e. The fourth-order valence-corrected chi connectivity index (χ4v) is 2.86. The molecule has 2 rings (SSSR count). The van der Waals surface area contributed by atoms with E-state index in [0.717, 1.165) is 30.6 Å². The quantitative estimate of drug-likeness (QED) is 0.710. The molecule has 1 aliphatic rings. The van der Waals surface area contributed by atoms with Crippen molar-refractivity contribution in [2.45, 2.75) is 51.7 Å². The summed E-state index contributed by atoms with van der Waals surface area (Å²) in [4.78, 5) is 12.0. The van der Waals surface area contributed by atoms with E-state index in [9.17, 15) is 4.79 Å². The Morgan fingerprint density at radius 3 is 2.80 bits per heavy atom. The van der Waals surface area contributed by atoms with Crippen LogP contribution in [0.1, 0.15) is 44.6 Å². The van der Waals surface area contributed by atoms with Gasteiger partial charge in [0.25, 0.3) is 0 Å². The van der Waals surface area contributed by atoms with E-state index in [1.54, 1.807) is 0 Å². The Morgan fingerprint density at radius 2 is 2.04 bits per heavy atom. The molecule has 0 spiro atoms. The summed E-state index contributed by atoms with van der Waals surface area (Å²) in [6.45, 7) is 3.73. The molecule has 0 bridgehead atoms. The fourth-order valence-electron chi connectivity index (χ4n) is 2.86. The zero-order valence-electron chi connectivity index (χ0n) is 15.1. The van der Waals surface area contributed by atoms with Gasteiger partial charge in [-0.05, 0) is 43.9 Å². The zero-order chi connectivity index (χ0) is 17.9. The number of rotatable bonds is 8. The van der Waals surface area contributed by atoms with Crippen molar-refractivity contribution in [3.8, 4) is 5.75 Å². The van der Waals surface area contributed by atoms with Crippen LogP contribution >= 0.6 is 0 Å². The van der Waals surface area contributed by atoms with Gasteiger partial charge in [0.2, 0.25) is 5.91 Å². The van der Waals surface area contributed by atoms with Gasteiger partial charge in [-0.25, -0.2) is 0 Å². The van der Waals surface area contributed by atoms with Gasteiger partial charge in [0.15, 0.2) is 0 Å². The highest BCUT2D eigenvalue weighted by atomic mass is 16.5. The van der Waals surface area contributed by atoms with Crippen molar-refractivity contribution < 1.29 is 14.3 Å².